The van der Waals surface area contributed by atoms with Crippen LogP contribution >= 0.6 is 34.8 Å². The summed E-state index contributed by atoms with van der Waals surface area (Å²) in [5, 5.41) is 3.86. The third kappa shape index (κ3) is 5.16. The lowest BCUT2D eigenvalue weighted by Crippen LogP contribution is -2.32. The molecule has 0 radical (unpaired) electrons. The summed E-state index contributed by atoms with van der Waals surface area (Å²) in [5.74, 6) is -0.0849. The molecule has 0 saturated heterocycles. The van der Waals surface area contributed by atoms with Gasteiger partial charge in [0, 0.05) is 25.0 Å². The number of nitrogens with one attached hydrogen (secondary N) is 1. The number of amides is 1. The second kappa shape index (κ2) is 8.37. The third-order valence-electron chi connectivity index (χ3n) is 3.13. The zero-order chi connectivity index (χ0) is 15.9. The molecule has 1 amide bonds. The van der Waals surface area contributed by atoms with Crippen LogP contribution in [-0.4, -0.2) is 5.91 Å². The first-order chi connectivity index (χ1) is 10.6. The molecule has 2 rings (SSSR count). The zero-order valence-corrected chi connectivity index (χ0v) is 14.1. The largest absolute Gasteiger partial charge is 0.325 e. The summed E-state index contributed by atoms with van der Waals surface area (Å²) >= 11 is 17.8. The summed E-state index contributed by atoms with van der Waals surface area (Å²) in [7, 11) is 0. The quantitative estimate of drug-likeness (QED) is 0.451. The molecule has 1 heterocycles. The van der Waals surface area contributed by atoms with E-state index in [1.165, 1.54) is 6.07 Å². The molecule has 0 atom stereocenters. The lowest BCUT2D eigenvalue weighted by molar-refractivity contribution is -0.697. The lowest BCUT2D eigenvalue weighted by Gasteiger charge is -2.08. The smallest absolute Gasteiger partial charge is 0.224 e. The normalized spacial score (nSPS) is 10.5. The van der Waals surface area contributed by atoms with Crippen LogP contribution in [-0.2, 0) is 11.3 Å². The van der Waals surface area contributed by atoms with Crippen molar-refractivity contribution in [2.24, 2.45) is 0 Å². The molecule has 0 saturated carbocycles. The first-order valence-corrected chi connectivity index (χ1v) is 8.08. The number of nitrogens with zero attached hydrogens (tertiary/aromatic N) is 1. The average molecular weight is 359 g/mol. The number of carbonyl (C=O) groups excluding carboxylic acids is 1. The van der Waals surface area contributed by atoms with E-state index in [2.05, 4.69) is 9.88 Å². The topological polar surface area (TPSA) is 33.0 Å². The van der Waals surface area contributed by atoms with Gasteiger partial charge in [0.25, 0.3) is 0 Å². The maximum Gasteiger partial charge on any atom is 0.224 e. The number of pyridine rings is 1. The summed E-state index contributed by atoms with van der Waals surface area (Å²) in [6.45, 7) is 0.891. The van der Waals surface area contributed by atoms with E-state index in [0.29, 0.717) is 27.2 Å². The standard InChI is InChI=1S/C16H15Cl3N2O/c17-12-10-14(19)15(11-13(12)18)20-16(22)6-2-5-9-21-7-3-1-4-8-21/h1,3-4,7-8,10-11H,2,5-6,9H2/p+1. The SMILES string of the molecule is O=C(CCCC[n+]1ccccc1)Nc1cc(Cl)c(Cl)cc1Cl. The summed E-state index contributed by atoms with van der Waals surface area (Å²) < 4.78 is 2.09. The van der Waals surface area contributed by atoms with E-state index in [0.717, 1.165) is 19.4 Å². The molecule has 22 heavy (non-hydrogen) atoms. The van der Waals surface area contributed by atoms with Gasteiger partial charge in [-0.2, -0.15) is 0 Å². The van der Waals surface area contributed by atoms with Gasteiger partial charge < -0.3 is 5.32 Å². The molecule has 0 aliphatic rings. The van der Waals surface area contributed by atoms with Gasteiger partial charge in [-0.1, -0.05) is 40.9 Å². The van der Waals surface area contributed by atoms with Gasteiger partial charge in [0.05, 0.1) is 20.8 Å². The fourth-order valence-electron chi connectivity index (χ4n) is 1.99. The Bertz CT molecular complexity index is 647. The van der Waals surface area contributed by atoms with E-state index < -0.39 is 0 Å². The van der Waals surface area contributed by atoms with Crippen molar-refractivity contribution < 1.29 is 9.36 Å². The number of rotatable bonds is 6. The average Bonchev–Trinajstić information content (AvgIpc) is 2.50. The highest BCUT2D eigenvalue weighted by Gasteiger charge is 2.09. The van der Waals surface area contributed by atoms with Gasteiger partial charge in [0.15, 0.2) is 12.4 Å². The molecule has 116 valence electrons. The molecule has 3 nitrogen and oxygen atoms in total. The minimum atomic E-state index is -0.0849. The Morgan fingerprint density at radius 3 is 2.36 bits per heavy atom. The Balaban J connectivity index is 1.77. The van der Waals surface area contributed by atoms with E-state index in [9.17, 15) is 4.79 Å². The van der Waals surface area contributed by atoms with Gasteiger partial charge in [-0.15, -0.1) is 0 Å². The van der Waals surface area contributed by atoms with Crippen molar-refractivity contribution in [1.29, 1.82) is 0 Å². The van der Waals surface area contributed by atoms with E-state index in [-0.39, 0.29) is 5.91 Å². The summed E-state index contributed by atoms with van der Waals surface area (Å²) in [6, 6.07) is 9.03. The lowest BCUT2D eigenvalue weighted by atomic mass is 10.2. The van der Waals surface area contributed by atoms with E-state index in [1.807, 2.05) is 30.6 Å². The predicted molar refractivity (Wildman–Crippen MR) is 90.6 cm³/mol. The fraction of sp³-hybridized carbons (Fsp3) is 0.250. The number of carbonyl (C=O) groups is 1. The molecule has 0 fully saturated rings. The van der Waals surface area contributed by atoms with Crippen LogP contribution in [0.25, 0.3) is 0 Å². The second-order valence-corrected chi connectivity index (χ2v) is 6.09. The molecule has 6 heteroatoms. The first kappa shape index (κ1) is 17.1. The van der Waals surface area contributed by atoms with Gasteiger partial charge in [-0.25, -0.2) is 4.57 Å². The van der Waals surface area contributed by atoms with E-state index in [1.54, 1.807) is 6.07 Å². The number of benzene rings is 1. The highest BCUT2D eigenvalue weighted by Crippen LogP contribution is 2.32. The summed E-state index contributed by atoms with van der Waals surface area (Å²) in [4.78, 5) is 11.9. The highest BCUT2D eigenvalue weighted by atomic mass is 35.5. The van der Waals surface area contributed by atoms with Crippen molar-refractivity contribution >= 4 is 46.4 Å². The van der Waals surface area contributed by atoms with E-state index >= 15 is 0 Å². The molecule has 1 N–H and O–H groups in total. The van der Waals surface area contributed by atoms with Crippen LogP contribution in [0.4, 0.5) is 5.69 Å². The number of hydrogen-bond donors (Lipinski definition) is 1. The van der Waals surface area contributed by atoms with Crippen LogP contribution in [0.1, 0.15) is 19.3 Å². The number of aryl methyl sites for hydroxylation is 1. The minimum Gasteiger partial charge on any atom is -0.325 e. The number of halogens is 3. The van der Waals surface area contributed by atoms with Crippen LogP contribution < -0.4 is 9.88 Å². The van der Waals surface area contributed by atoms with Crippen molar-refractivity contribution in [2.45, 2.75) is 25.8 Å². The molecule has 1 aromatic carbocycles. The molecule has 2 aromatic rings. The molecule has 0 unspecified atom stereocenters. The van der Waals surface area contributed by atoms with Gasteiger partial charge >= 0.3 is 0 Å². The monoisotopic (exact) mass is 357 g/mol. The highest BCUT2D eigenvalue weighted by molar-refractivity contribution is 6.44. The number of unbranched alkanes of at least 4 members (excludes halogenated alkanes) is 1. The van der Waals surface area contributed by atoms with Gasteiger partial charge in [0.2, 0.25) is 5.91 Å². The zero-order valence-electron chi connectivity index (χ0n) is 11.9. The number of aromatic nitrogens is 1. The second-order valence-electron chi connectivity index (χ2n) is 4.86. The molecule has 1 aromatic heterocycles. The molecule has 0 aliphatic carbocycles. The number of hydrogen-bond acceptors (Lipinski definition) is 1. The third-order valence-corrected chi connectivity index (χ3v) is 4.17. The van der Waals surface area contributed by atoms with E-state index in [4.69, 9.17) is 34.8 Å². The Labute approximate surface area is 144 Å². The summed E-state index contributed by atoms with van der Waals surface area (Å²) in [5.41, 5.74) is 0.485. The molecular formula is C16H16Cl3N2O+. The Morgan fingerprint density at radius 2 is 1.64 bits per heavy atom. The van der Waals surface area contributed by atoms with Crippen LogP contribution in [0.2, 0.25) is 15.1 Å². The van der Waals surface area contributed by atoms with Crippen molar-refractivity contribution in [1.82, 2.24) is 0 Å². The molecular weight excluding hydrogens is 343 g/mol. The predicted octanol–water partition coefficient (Wildman–Crippen LogP) is 4.74. The van der Waals surface area contributed by atoms with Crippen molar-refractivity contribution in [3.8, 4) is 0 Å². The minimum absolute atomic E-state index is 0.0849. The van der Waals surface area contributed by atoms with Gasteiger partial charge in [-0.05, 0) is 18.6 Å². The van der Waals surface area contributed by atoms with Crippen LogP contribution in [0.5, 0.6) is 0 Å². The molecule has 0 spiro atoms. The Kier molecular flexibility index (Phi) is 6.49. The van der Waals surface area contributed by atoms with Crippen molar-refractivity contribution in [3.63, 3.8) is 0 Å². The Hall–Kier alpha value is -1.29. The fourth-order valence-corrected chi connectivity index (χ4v) is 2.59. The maximum absolute atomic E-state index is 11.9. The Morgan fingerprint density at radius 1 is 0.955 bits per heavy atom. The van der Waals surface area contributed by atoms with Crippen molar-refractivity contribution in [2.75, 3.05) is 5.32 Å². The van der Waals surface area contributed by atoms with Gasteiger partial charge in [-0.3, -0.25) is 4.79 Å². The van der Waals surface area contributed by atoms with Gasteiger partial charge in [0.1, 0.15) is 6.54 Å². The van der Waals surface area contributed by atoms with Crippen molar-refractivity contribution in [3.05, 3.63) is 57.8 Å². The molecule has 0 aliphatic heterocycles. The maximum atomic E-state index is 11.9. The van der Waals surface area contributed by atoms with Crippen LogP contribution in [0.15, 0.2) is 42.7 Å². The number of anilines is 1. The summed E-state index contributed by atoms with van der Waals surface area (Å²) in [6.07, 6.45) is 6.18. The molecule has 0 bridgehead atoms. The first-order valence-electron chi connectivity index (χ1n) is 6.95. The van der Waals surface area contributed by atoms with Crippen LogP contribution in [0.3, 0.4) is 0 Å². The van der Waals surface area contributed by atoms with Crippen LogP contribution in [0, 0.1) is 0 Å².